The molecule has 0 spiro atoms. The topological polar surface area (TPSA) is 85.0 Å². The van der Waals surface area contributed by atoms with Gasteiger partial charge in [-0.1, -0.05) is 30.9 Å². The van der Waals surface area contributed by atoms with Crippen molar-refractivity contribution >= 4 is 17.5 Å². The number of hydrogen-bond acceptors (Lipinski definition) is 4. The highest BCUT2D eigenvalue weighted by Gasteiger charge is 2.29. The van der Waals surface area contributed by atoms with Crippen LogP contribution in [-0.4, -0.2) is 42.1 Å². The number of ether oxygens (including phenoxy) is 1. The molecule has 0 bridgehead atoms. The number of allylic oxidation sites excluding steroid dienone is 1. The van der Waals surface area contributed by atoms with E-state index in [4.69, 9.17) is 15.5 Å². The summed E-state index contributed by atoms with van der Waals surface area (Å²) >= 11 is 0. The van der Waals surface area contributed by atoms with Crippen LogP contribution in [-0.2, 0) is 9.59 Å². The highest BCUT2D eigenvalue weighted by atomic mass is 16.5. The zero-order chi connectivity index (χ0) is 23.2. The predicted octanol–water partition coefficient (Wildman–Crippen LogP) is 4.12. The summed E-state index contributed by atoms with van der Waals surface area (Å²) in [5.41, 5.74) is 7.74. The zero-order valence-electron chi connectivity index (χ0n) is 18.7. The highest BCUT2D eigenvalue weighted by molar-refractivity contribution is 6.27. The monoisotopic (exact) mass is 443 g/mol. The second-order valence-corrected chi connectivity index (χ2v) is 8.43. The van der Waals surface area contributed by atoms with Gasteiger partial charge < -0.3 is 15.4 Å². The Morgan fingerprint density at radius 2 is 1.67 bits per heavy atom. The highest BCUT2D eigenvalue weighted by Crippen LogP contribution is 2.32. The quantitative estimate of drug-likeness (QED) is 0.682. The molecular formula is C27H29N3O3. The second-order valence-electron chi connectivity index (χ2n) is 8.43. The summed E-state index contributed by atoms with van der Waals surface area (Å²) in [6.45, 7) is 5.62. The van der Waals surface area contributed by atoms with E-state index in [0.29, 0.717) is 42.6 Å². The van der Waals surface area contributed by atoms with E-state index in [1.165, 1.54) is 6.08 Å². The third-order valence-electron chi connectivity index (χ3n) is 6.37. The van der Waals surface area contributed by atoms with Crippen molar-refractivity contribution in [3.63, 3.8) is 0 Å². The van der Waals surface area contributed by atoms with Crippen molar-refractivity contribution < 1.29 is 14.3 Å². The lowest BCUT2D eigenvalue weighted by Gasteiger charge is -2.34. The van der Waals surface area contributed by atoms with Crippen LogP contribution in [0.5, 0.6) is 11.5 Å². The first-order valence-electron chi connectivity index (χ1n) is 11.4. The summed E-state index contributed by atoms with van der Waals surface area (Å²) in [5, 5.41) is 0. The zero-order valence-corrected chi connectivity index (χ0v) is 18.7. The third-order valence-corrected chi connectivity index (χ3v) is 6.37. The van der Waals surface area contributed by atoms with E-state index in [1.54, 1.807) is 0 Å². The Morgan fingerprint density at radius 1 is 1.00 bits per heavy atom. The summed E-state index contributed by atoms with van der Waals surface area (Å²) < 4.78 is 5.87. The fraction of sp³-hybridized carbons (Fsp3) is 0.296. The molecule has 1 saturated heterocycles. The maximum Gasteiger partial charge on any atom is 0.250 e. The second kappa shape index (κ2) is 10.3. The number of hydrogen-bond donors (Lipinski definition) is 1. The number of likely N-dealkylation sites (tertiary alicyclic amines) is 1. The first-order valence-corrected chi connectivity index (χ1v) is 11.4. The lowest BCUT2D eigenvalue weighted by molar-refractivity contribution is -0.127. The van der Waals surface area contributed by atoms with Gasteiger partial charge in [0.05, 0.1) is 11.3 Å². The van der Waals surface area contributed by atoms with Gasteiger partial charge >= 0.3 is 0 Å². The fourth-order valence-electron chi connectivity index (χ4n) is 4.59. The number of carbonyl (C=O) groups excluding carboxylic acids is 2. The maximum atomic E-state index is 12.4. The molecule has 0 radical (unpaired) electrons. The van der Waals surface area contributed by atoms with Crippen LogP contribution in [0.15, 0.2) is 83.9 Å². The van der Waals surface area contributed by atoms with Crippen LogP contribution in [0.4, 0.5) is 0 Å². The molecule has 6 heteroatoms. The molecule has 6 nitrogen and oxygen atoms in total. The Balaban J connectivity index is 1.50. The van der Waals surface area contributed by atoms with Crippen LogP contribution in [0.3, 0.4) is 0 Å². The molecule has 2 amide bonds. The number of nitrogens with zero attached hydrogens (tertiary/aromatic N) is 2. The van der Waals surface area contributed by atoms with E-state index in [0.717, 1.165) is 30.6 Å². The number of nitrogens with two attached hydrogens (primary N) is 1. The number of benzene rings is 2. The summed E-state index contributed by atoms with van der Waals surface area (Å²) in [6, 6.07) is 17.1. The maximum absolute atomic E-state index is 12.4. The molecule has 170 valence electrons. The predicted molar refractivity (Wildman–Crippen MR) is 129 cm³/mol. The average Bonchev–Trinajstić information content (AvgIpc) is 3.08. The molecule has 0 aromatic heterocycles. The molecule has 1 atom stereocenters. The van der Waals surface area contributed by atoms with Crippen molar-refractivity contribution in [2.24, 2.45) is 22.6 Å². The molecule has 2 aromatic rings. The third kappa shape index (κ3) is 5.40. The summed E-state index contributed by atoms with van der Waals surface area (Å²) in [6.07, 6.45) is 6.03. The number of aliphatic imine (C=N–C) groups is 1. The van der Waals surface area contributed by atoms with Crippen LogP contribution >= 0.6 is 0 Å². The smallest absolute Gasteiger partial charge is 0.250 e. The Bertz CT molecular complexity index is 1070. The summed E-state index contributed by atoms with van der Waals surface area (Å²) in [5.74, 6) is 1.58. The molecule has 2 aliphatic heterocycles. The van der Waals surface area contributed by atoms with E-state index in [1.807, 2.05) is 65.6 Å². The van der Waals surface area contributed by atoms with Crippen molar-refractivity contribution in [2.45, 2.75) is 19.3 Å². The van der Waals surface area contributed by atoms with Crippen LogP contribution in [0, 0.1) is 11.8 Å². The molecule has 2 heterocycles. The number of carbonyl (C=O) groups is 2. The van der Waals surface area contributed by atoms with Gasteiger partial charge in [-0.2, -0.15) is 0 Å². The molecule has 2 N–H and O–H groups in total. The van der Waals surface area contributed by atoms with Gasteiger partial charge in [0, 0.05) is 25.2 Å². The van der Waals surface area contributed by atoms with Crippen molar-refractivity contribution in [1.82, 2.24) is 4.90 Å². The Labute approximate surface area is 194 Å². The molecule has 1 unspecified atom stereocenters. The molecule has 0 aliphatic carbocycles. The van der Waals surface area contributed by atoms with E-state index in [2.05, 4.69) is 6.58 Å². The lowest BCUT2D eigenvalue weighted by Crippen LogP contribution is -2.39. The van der Waals surface area contributed by atoms with Gasteiger partial charge in [0.1, 0.15) is 11.5 Å². The van der Waals surface area contributed by atoms with E-state index < -0.39 is 5.91 Å². The Morgan fingerprint density at radius 3 is 2.30 bits per heavy atom. The van der Waals surface area contributed by atoms with Gasteiger partial charge in [0.15, 0.2) is 0 Å². The Kier molecular flexibility index (Phi) is 7.03. The van der Waals surface area contributed by atoms with Crippen LogP contribution in [0.1, 0.15) is 24.8 Å². The van der Waals surface area contributed by atoms with E-state index in [9.17, 15) is 9.59 Å². The van der Waals surface area contributed by atoms with Crippen molar-refractivity contribution in [1.29, 1.82) is 0 Å². The molecule has 33 heavy (non-hydrogen) atoms. The van der Waals surface area contributed by atoms with Gasteiger partial charge in [-0.05, 0) is 73.6 Å². The first-order chi connectivity index (χ1) is 16.0. The summed E-state index contributed by atoms with van der Waals surface area (Å²) in [4.78, 5) is 30.8. The molecule has 2 aromatic carbocycles. The van der Waals surface area contributed by atoms with Gasteiger partial charge in [-0.25, -0.2) is 0 Å². The number of amides is 2. The fourth-order valence-corrected chi connectivity index (χ4v) is 4.59. The Hall–Kier alpha value is -3.67. The van der Waals surface area contributed by atoms with E-state index in [-0.39, 0.29) is 11.8 Å². The SMILES string of the molecule is C=CC(=O)N1CCC(C2C=C(C(N)=O)C(c3ccc(Oc4ccccc4)cc3)=NCC2)CC1. The van der Waals surface area contributed by atoms with Crippen molar-refractivity contribution in [3.8, 4) is 11.5 Å². The normalized spacial score (nSPS) is 19.2. The number of piperidine rings is 1. The first kappa shape index (κ1) is 22.5. The van der Waals surface area contributed by atoms with Crippen LogP contribution in [0.25, 0.3) is 0 Å². The minimum atomic E-state index is -0.468. The number of rotatable bonds is 6. The van der Waals surface area contributed by atoms with Crippen LogP contribution < -0.4 is 10.5 Å². The van der Waals surface area contributed by atoms with Crippen molar-refractivity contribution in [3.05, 3.63) is 84.5 Å². The van der Waals surface area contributed by atoms with Gasteiger partial charge in [0.25, 0.3) is 5.91 Å². The largest absolute Gasteiger partial charge is 0.457 e. The number of para-hydroxylation sites is 1. The molecule has 4 rings (SSSR count). The summed E-state index contributed by atoms with van der Waals surface area (Å²) in [7, 11) is 0. The minimum absolute atomic E-state index is 0.0204. The van der Waals surface area contributed by atoms with Gasteiger partial charge in [-0.3, -0.25) is 14.6 Å². The lowest BCUT2D eigenvalue weighted by atomic mass is 9.81. The van der Waals surface area contributed by atoms with Gasteiger partial charge in [-0.15, -0.1) is 0 Å². The minimum Gasteiger partial charge on any atom is -0.457 e. The average molecular weight is 444 g/mol. The van der Waals surface area contributed by atoms with Gasteiger partial charge in [0.2, 0.25) is 5.91 Å². The van der Waals surface area contributed by atoms with Crippen molar-refractivity contribution in [2.75, 3.05) is 19.6 Å². The molecular weight excluding hydrogens is 414 g/mol. The number of primary amides is 1. The van der Waals surface area contributed by atoms with E-state index >= 15 is 0 Å². The molecule has 2 aliphatic rings. The van der Waals surface area contributed by atoms with Crippen LogP contribution in [0.2, 0.25) is 0 Å². The molecule has 0 saturated carbocycles. The molecule has 1 fully saturated rings. The standard InChI is InChI=1S/C27H29N3O3/c1-2-25(31)30-16-13-19(14-17-30)21-12-15-29-26(24(18-21)27(28)32)20-8-10-23(11-9-20)33-22-6-4-3-5-7-22/h2-11,18-19,21H,1,12-17H2,(H2,28,32).